The minimum absolute atomic E-state index is 0.273. The van der Waals surface area contributed by atoms with Crippen molar-refractivity contribution >= 4 is 6.21 Å². The van der Waals surface area contributed by atoms with Crippen molar-refractivity contribution in [3.63, 3.8) is 0 Å². The molecule has 0 fully saturated rings. The predicted molar refractivity (Wildman–Crippen MR) is 124 cm³/mol. The lowest BCUT2D eigenvalue weighted by molar-refractivity contribution is -0.936. The van der Waals surface area contributed by atoms with Crippen LogP contribution in [-0.4, -0.2) is 48.2 Å². The smallest absolute Gasteiger partial charge is 0.182 e. The maximum atomic E-state index is 9.37. The molecule has 0 radical (unpaired) electrons. The number of aliphatic hydroxyl groups is 1. The van der Waals surface area contributed by atoms with Gasteiger partial charge in [0.15, 0.2) is 6.17 Å². The SMILES string of the molecule is CCCCCCCCCCCC/C=C/CCCCC1N=CC[N+]1(CC)CCO. The first-order valence-electron chi connectivity index (χ1n) is 12.4. The topological polar surface area (TPSA) is 32.6 Å². The zero-order valence-electron chi connectivity index (χ0n) is 19.1. The van der Waals surface area contributed by atoms with Crippen molar-refractivity contribution in [3.05, 3.63) is 12.2 Å². The van der Waals surface area contributed by atoms with E-state index in [0.717, 1.165) is 30.5 Å². The Morgan fingerprint density at radius 2 is 1.43 bits per heavy atom. The zero-order chi connectivity index (χ0) is 20.3. The highest BCUT2D eigenvalue weighted by Crippen LogP contribution is 2.23. The highest BCUT2D eigenvalue weighted by molar-refractivity contribution is 5.60. The highest BCUT2D eigenvalue weighted by atomic mass is 16.3. The zero-order valence-corrected chi connectivity index (χ0v) is 19.1. The van der Waals surface area contributed by atoms with Gasteiger partial charge in [-0.25, -0.2) is 4.99 Å². The van der Waals surface area contributed by atoms with Gasteiger partial charge in [-0.3, -0.25) is 4.48 Å². The molecule has 3 heteroatoms. The molecule has 1 heterocycles. The molecule has 1 aliphatic rings. The van der Waals surface area contributed by atoms with Crippen molar-refractivity contribution in [2.45, 2.75) is 116 Å². The fourth-order valence-electron chi connectivity index (χ4n) is 4.45. The first kappa shape index (κ1) is 25.4. The maximum absolute atomic E-state index is 9.37. The predicted octanol–water partition coefficient (Wildman–Crippen LogP) is 6.65. The molecular weight excluding hydrogens is 344 g/mol. The molecular formula is C25H49N2O+. The fourth-order valence-corrected chi connectivity index (χ4v) is 4.45. The molecule has 1 rings (SSSR count). The summed E-state index contributed by atoms with van der Waals surface area (Å²) in [6, 6.07) is 0. The third kappa shape index (κ3) is 10.8. The van der Waals surface area contributed by atoms with E-state index in [0.29, 0.717) is 6.17 Å². The van der Waals surface area contributed by atoms with Crippen LogP contribution >= 0.6 is 0 Å². The van der Waals surface area contributed by atoms with E-state index in [1.807, 2.05) is 0 Å². The molecule has 2 atom stereocenters. The Hall–Kier alpha value is -0.670. The van der Waals surface area contributed by atoms with Crippen LogP contribution in [0.3, 0.4) is 0 Å². The molecule has 28 heavy (non-hydrogen) atoms. The number of aliphatic imine (C=N–C) groups is 1. The van der Waals surface area contributed by atoms with E-state index in [2.05, 4.69) is 32.2 Å². The molecule has 0 spiro atoms. The Balaban J connectivity index is 1.91. The van der Waals surface area contributed by atoms with E-state index in [-0.39, 0.29) is 6.61 Å². The third-order valence-corrected chi connectivity index (χ3v) is 6.50. The largest absolute Gasteiger partial charge is 0.391 e. The first-order chi connectivity index (χ1) is 13.8. The summed E-state index contributed by atoms with van der Waals surface area (Å²) in [5, 5.41) is 9.37. The van der Waals surface area contributed by atoms with Crippen LogP contribution in [-0.2, 0) is 0 Å². The highest BCUT2D eigenvalue weighted by Gasteiger charge is 2.36. The van der Waals surface area contributed by atoms with Crippen molar-refractivity contribution in [3.8, 4) is 0 Å². The Bertz CT molecular complexity index is 407. The Morgan fingerprint density at radius 1 is 0.857 bits per heavy atom. The fraction of sp³-hybridized carbons (Fsp3) is 0.880. The van der Waals surface area contributed by atoms with Crippen LogP contribution in [0.15, 0.2) is 17.1 Å². The van der Waals surface area contributed by atoms with Crippen LogP contribution in [0.5, 0.6) is 0 Å². The molecule has 0 bridgehead atoms. The van der Waals surface area contributed by atoms with Crippen molar-refractivity contribution in [1.29, 1.82) is 0 Å². The number of unbranched alkanes of at least 4 members (excludes halogenated alkanes) is 12. The van der Waals surface area contributed by atoms with Gasteiger partial charge in [-0.05, 0) is 39.0 Å². The lowest BCUT2D eigenvalue weighted by atomic mass is 10.1. The van der Waals surface area contributed by atoms with Gasteiger partial charge in [0.25, 0.3) is 0 Å². The number of likely N-dealkylation sites (N-methyl/N-ethyl adjacent to an activating group) is 1. The molecule has 1 N–H and O–H groups in total. The van der Waals surface area contributed by atoms with E-state index >= 15 is 0 Å². The average molecular weight is 394 g/mol. The van der Waals surface area contributed by atoms with E-state index in [1.165, 1.54) is 89.9 Å². The Kier molecular flexibility index (Phi) is 15.6. The summed E-state index contributed by atoms with van der Waals surface area (Å²) in [5.74, 6) is 0. The summed E-state index contributed by atoms with van der Waals surface area (Å²) in [6.45, 7) is 7.71. The number of nitrogens with zero attached hydrogens (tertiary/aromatic N) is 2. The summed E-state index contributed by atoms with van der Waals surface area (Å²) in [6.07, 6.45) is 27.6. The van der Waals surface area contributed by atoms with Crippen LogP contribution in [0.25, 0.3) is 0 Å². The number of allylic oxidation sites excluding steroid dienone is 2. The summed E-state index contributed by atoms with van der Waals surface area (Å²) >= 11 is 0. The van der Waals surface area contributed by atoms with E-state index in [4.69, 9.17) is 4.99 Å². The van der Waals surface area contributed by atoms with Crippen LogP contribution < -0.4 is 0 Å². The summed E-state index contributed by atoms with van der Waals surface area (Å²) in [7, 11) is 0. The van der Waals surface area contributed by atoms with Crippen molar-refractivity contribution in [2.24, 2.45) is 4.99 Å². The molecule has 0 aromatic heterocycles. The second-order valence-electron chi connectivity index (χ2n) is 8.70. The molecule has 0 saturated carbocycles. The molecule has 1 aliphatic heterocycles. The maximum Gasteiger partial charge on any atom is 0.182 e. The molecule has 0 aromatic carbocycles. The summed E-state index contributed by atoms with van der Waals surface area (Å²) in [5.41, 5.74) is 0. The van der Waals surface area contributed by atoms with Crippen LogP contribution in [0.1, 0.15) is 110 Å². The Morgan fingerprint density at radius 3 is 2.00 bits per heavy atom. The average Bonchev–Trinajstić information content (AvgIpc) is 3.11. The van der Waals surface area contributed by atoms with Crippen molar-refractivity contribution in [2.75, 3.05) is 26.2 Å². The number of rotatable bonds is 19. The molecule has 3 nitrogen and oxygen atoms in total. The van der Waals surface area contributed by atoms with E-state index in [1.54, 1.807) is 0 Å². The molecule has 0 aliphatic carbocycles. The van der Waals surface area contributed by atoms with Gasteiger partial charge < -0.3 is 5.11 Å². The number of hydrogen-bond donors (Lipinski definition) is 1. The molecule has 2 unspecified atom stereocenters. The van der Waals surface area contributed by atoms with Gasteiger partial charge in [0, 0.05) is 6.42 Å². The summed E-state index contributed by atoms with van der Waals surface area (Å²) < 4.78 is 0.963. The van der Waals surface area contributed by atoms with Gasteiger partial charge in [-0.1, -0.05) is 76.9 Å². The van der Waals surface area contributed by atoms with Gasteiger partial charge in [0.1, 0.15) is 13.1 Å². The standard InChI is InChI=1S/C25H49N2O/c1-3-5-6-7-8-9-10-11-12-13-14-15-16-17-18-19-20-25-26-21-22-27(25,4-2)23-24-28/h15-16,21,25,28H,3-14,17-20,22-24H2,1-2H3/q+1/b16-15+. The van der Waals surface area contributed by atoms with E-state index in [9.17, 15) is 5.11 Å². The molecule has 0 aromatic rings. The second kappa shape index (κ2) is 17.2. The number of aliphatic hydroxyl groups excluding tert-OH is 1. The first-order valence-corrected chi connectivity index (χ1v) is 12.4. The van der Waals surface area contributed by atoms with Crippen molar-refractivity contribution in [1.82, 2.24) is 0 Å². The lowest BCUT2D eigenvalue weighted by Gasteiger charge is -2.37. The monoisotopic (exact) mass is 393 g/mol. The minimum Gasteiger partial charge on any atom is -0.391 e. The number of quaternary nitrogens is 1. The third-order valence-electron chi connectivity index (χ3n) is 6.50. The van der Waals surface area contributed by atoms with Crippen LogP contribution in [0.2, 0.25) is 0 Å². The molecule has 0 amide bonds. The quantitative estimate of drug-likeness (QED) is 0.149. The normalized spacial score (nSPS) is 21.9. The molecule has 0 saturated heterocycles. The second-order valence-corrected chi connectivity index (χ2v) is 8.70. The van der Waals surface area contributed by atoms with Crippen LogP contribution in [0, 0.1) is 0 Å². The van der Waals surface area contributed by atoms with Crippen molar-refractivity contribution < 1.29 is 9.59 Å². The lowest BCUT2D eigenvalue weighted by Crippen LogP contribution is -2.53. The number of hydrogen-bond acceptors (Lipinski definition) is 2. The van der Waals surface area contributed by atoms with Gasteiger partial charge in [-0.15, -0.1) is 0 Å². The Labute approximate surface area is 175 Å². The van der Waals surface area contributed by atoms with Gasteiger partial charge >= 0.3 is 0 Å². The van der Waals surface area contributed by atoms with Crippen LogP contribution in [0.4, 0.5) is 0 Å². The van der Waals surface area contributed by atoms with Gasteiger partial charge in [-0.2, -0.15) is 0 Å². The minimum atomic E-state index is 0.273. The van der Waals surface area contributed by atoms with Gasteiger partial charge in [0.05, 0.1) is 19.4 Å². The summed E-state index contributed by atoms with van der Waals surface area (Å²) in [4.78, 5) is 4.70. The van der Waals surface area contributed by atoms with Gasteiger partial charge in [0.2, 0.25) is 0 Å². The van der Waals surface area contributed by atoms with E-state index < -0.39 is 0 Å². The molecule has 164 valence electrons.